The predicted molar refractivity (Wildman–Crippen MR) is 108 cm³/mol. The van der Waals surface area contributed by atoms with Gasteiger partial charge in [-0.05, 0) is 45.8 Å². The molecule has 0 radical (unpaired) electrons. The van der Waals surface area contributed by atoms with Crippen LogP contribution in [0.15, 0.2) is 12.4 Å². The molecule has 4 rings (SSSR count). The zero-order valence-electron chi connectivity index (χ0n) is 15.5. The van der Waals surface area contributed by atoms with Crippen molar-refractivity contribution in [1.82, 2.24) is 19.9 Å². The van der Waals surface area contributed by atoms with Gasteiger partial charge in [0.1, 0.15) is 5.69 Å². The van der Waals surface area contributed by atoms with Gasteiger partial charge in [-0.1, -0.05) is 11.6 Å². The molecule has 2 aliphatic heterocycles. The van der Waals surface area contributed by atoms with Crippen molar-refractivity contribution >= 4 is 28.9 Å². The van der Waals surface area contributed by atoms with Gasteiger partial charge in [-0.3, -0.25) is 0 Å². The molecule has 4 heterocycles. The number of nitrogen functional groups attached to an aromatic ring is 1. The lowest BCUT2D eigenvalue weighted by Gasteiger charge is -2.27. The Balaban J connectivity index is 0.000000253. The van der Waals surface area contributed by atoms with Crippen LogP contribution in [0.1, 0.15) is 36.6 Å². The molecule has 2 aromatic rings. The molecule has 0 aliphatic carbocycles. The molecular weight excluding hydrogens is 386 g/mol. The van der Waals surface area contributed by atoms with Gasteiger partial charge in [-0.2, -0.15) is 0 Å². The number of aliphatic hydroxyl groups is 1. The first kappa shape index (κ1) is 20.4. The molecule has 0 spiro atoms. The topological polar surface area (TPSA) is 97.4 Å². The number of halogens is 1. The quantitative estimate of drug-likeness (QED) is 0.783. The van der Waals surface area contributed by atoms with Crippen LogP contribution in [0.25, 0.3) is 10.6 Å². The highest BCUT2D eigenvalue weighted by molar-refractivity contribution is 7.15. The van der Waals surface area contributed by atoms with Gasteiger partial charge in [0, 0.05) is 18.7 Å². The van der Waals surface area contributed by atoms with E-state index >= 15 is 0 Å². The van der Waals surface area contributed by atoms with Gasteiger partial charge < -0.3 is 20.5 Å². The van der Waals surface area contributed by atoms with Crippen LogP contribution < -0.4 is 5.73 Å². The fourth-order valence-corrected chi connectivity index (χ4v) is 4.46. The van der Waals surface area contributed by atoms with Crippen molar-refractivity contribution in [1.29, 1.82) is 0 Å². The number of nitrogens with two attached hydrogens (primary N) is 1. The minimum absolute atomic E-state index is 0.186. The molecule has 0 bridgehead atoms. The number of aliphatic hydroxyl groups excluding tert-OH is 1. The van der Waals surface area contributed by atoms with Crippen LogP contribution in [0.2, 0.25) is 5.02 Å². The van der Waals surface area contributed by atoms with Crippen molar-refractivity contribution in [3.63, 3.8) is 0 Å². The Hall–Kier alpha value is -1.32. The van der Waals surface area contributed by atoms with Gasteiger partial charge in [0.25, 0.3) is 0 Å². The van der Waals surface area contributed by atoms with Crippen molar-refractivity contribution in [2.24, 2.45) is 0 Å². The van der Waals surface area contributed by atoms with E-state index in [0.717, 1.165) is 50.3 Å². The van der Waals surface area contributed by atoms with Gasteiger partial charge in [0.05, 0.1) is 33.8 Å². The lowest BCUT2D eigenvalue weighted by atomic mass is 9.98. The Labute approximate surface area is 168 Å². The molecule has 7 nitrogen and oxygen atoms in total. The molecular formula is C18H26ClN5O2S. The Morgan fingerprint density at radius 3 is 2.67 bits per heavy atom. The second kappa shape index (κ2) is 9.75. The number of piperidine rings is 1. The molecule has 27 heavy (non-hydrogen) atoms. The zero-order valence-corrected chi connectivity index (χ0v) is 17.0. The molecule has 2 aromatic heterocycles. The van der Waals surface area contributed by atoms with Gasteiger partial charge >= 0.3 is 0 Å². The van der Waals surface area contributed by atoms with Crippen molar-refractivity contribution in [2.45, 2.75) is 37.7 Å². The summed E-state index contributed by atoms with van der Waals surface area (Å²) in [6.45, 7) is 3.62. The van der Waals surface area contributed by atoms with E-state index in [9.17, 15) is 0 Å². The van der Waals surface area contributed by atoms with Crippen molar-refractivity contribution in [3.8, 4) is 10.6 Å². The van der Waals surface area contributed by atoms with Crippen molar-refractivity contribution in [3.05, 3.63) is 22.4 Å². The van der Waals surface area contributed by atoms with Crippen LogP contribution >= 0.6 is 22.9 Å². The summed E-state index contributed by atoms with van der Waals surface area (Å²) in [5.41, 5.74) is 6.30. The molecule has 0 amide bonds. The van der Waals surface area contributed by atoms with E-state index in [1.165, 1.54) is 11.2 Å². The van der Waals surface area contributed by atoms with E-state index in [1.54, 1.807) is 11.3 Å². The molecule has 1 atom stereocenters. The molecule has 148 valence electrons. The summed E-state index contributed by atoms with van der Waals surface area (Å²) in [7, 11) is 2.16. The molecule has 2 saturated heterocycles. The molecule has 2 aliphatic rings. The number of anilines is 1. The number of thiazole rings is 1. The van der Waals surface area contributed by atoms with Crippen LogP contribution in [0, 0.1) is 0 Å². The maximum Gasteiger partial charge on any atom is 0.220 e. The van der Waals surface area contributed by atoms with E-state index in [2.05, 4.69) is 26.9 Å². The SMILES string of the molecule is CN1CCC(c2ncc(-c3nc(N)ncc3Cl)s2)CC1.OC1CCCOC1. The highest BCUT2D eigenvalue weighted by Gasteiger charge is 2.22. The van der Waals surface area contributed by atoms with Crippen molar-refractivity contribution in [2.75, 3.05) is 39.1 Å². The average molecular weight is 412 g/mol. The van der Waals surface area contributed by atoms with Crippen LogP contribution in [-0.2, 0) is 4.74 Å². The fourth-order valence-electron chi connectivity index (χ4n) is 3.12. The third-order valence-electron chi connectivity index (χ3n) is 4.72. The molecule has 1 unspecified atom stereocenters. The van der Waals surface area contributed by atoms with E-state index < -0.39 is 0 Å². The summed E-state index contributed by atoms with van der Waals surface area (Å²) in [5, 5.41) is 10.5. The summed E-state index contributed by atoms with van der Waals surface area (Å²) in [6, 6.07) is 0. The number of hydrogen-bond acceptors (Lipinski definition) is 8. The average Bonchev–Trinajstić information content (AvgIpc) is 3.15. The normalized spacial score (nSPS) is 21.5. The van der Waals surface area contributed by atoms with Crippen LogP contribution in [0.4, 0.5) is 5.95 Å². The lowest BCUT2D eigenvalue weighted by molar-refractivity contribution is -0.00535. The fraction of sp³-hybridized carbons (Fsp3) is 0.611. The summed E-state index contributed by atoms with van der Waals surface area (Å²) in [5.74, 6) is 0.779. The number of ether oxygens (including phenoxy) is 1. The molecule has 3 N–H and O–H groups in total. The summed E-state index contributed by atoms with van der Waals surface area (Å²) >= 11 is 7.79. The smallest absolute Gasteiger partial charge is 0.220 e. The van der Waals surface area contributed by atoms with Crippen molar-refractivity contribution < 1.29 is 9.84 Å². The van der Waals surface area contributed by atoms with E-state index in [-0.39, 0.29) is 12.1 Å². The predicted octanol–water partition coefficient (Wildman–Crippen LogP) is 2.80. The number of aromatic nitrogens is 3. The van der Waals surface area contributed by atoms with Gasteiger partial charge in [0.2, 0.25) is 5.95 Å². The first-order valence-corrected chi connectivity index (χ1v) is 10.4. The van der Waals surface area contributed by atoms with Crippen LogP contribution in [0.5, 0.6) is 0 Å². The number of nitrogens with zero attached hydrogens (tertiary/aromatic N) is 4. The molecule has 9 heteroatoms. The molecule has 2 fully saturated rings. The van der Waals surface area contributed by atoms with Gasteiger partial charge in [-0.25, -0.2) is 15.0 Å². The summed E-state index contributed by atoms with van der Waals surface area (Å²) in [6.07, 6.45) is 7.43. The maximum atomic E-state index is 8.78. The largest absolute Gasteiger partial charge is 0.391 e. The maximum absolute atomic E-state index is 8.78. The van der Waals surface area contributed by atoms with Gasteiger partial charge in [-0.15, -0.1) is 11.3 Å². The number of rotatable bonds is 2. The zero-order chi connectivity index (χ0) is 19.2. The standard InChI is InChI=1S/C13H16ClN5S.C5H10O2/c1-19-4-2-8(3-5-19)12-16-7-10(20-12)11-9(14)6-17-13(15)18-11;6-5-2-1-3-7-4-5/h6-8H,2-5H2,1H3,(H2,15,17,18);5-6H,1-4H2. The lowest BCUT2D eigenvalue weighted by Crippen LogP contribution is -2.29. The number of likely N-dealkylation sites (tertiary alicyclic amines) is 1. The third kappa shape index (κ3) is 5.83. The molecule has 0 aromatic carbocycles. The Morgan fingerprint density at radius 1 is 1.26 bits per heavy atom. The van der Waals surface area contributed by atoms with Crippen LogP contribution in [0.3, 0.4) is 0 Å². The summed E-state index contributed by atoms with van der Waals surface area (Å²) < 4.78 is 4.93. The highest BCUT2D eigenvalue weighted by atomic mass is 35.5. The van der Waals surface area contributed by atoms with E-state index in [0.29, 0.717) is 23.2 Å². The van der Waals surface area contributed by atoms with Gasteiger partial charge in [0.15, 0.2) is 0 Å². The second-order valence-electron chi connectivity index (χ2n) is 6.94. The number of hydrogen-bond donors (Lipinski definition) is 2. The van der Waals surface area contributed by atoms with E-state index in [1.807, 2.05) is 6.20 Å². The first-order valence-electron chi connectivity index (χ1n) is 9.21. The third-order valence-corrected chi connectivity index (χ3v) is 6.17. The van der Waals surface area contributed by atoms with Crippen LogP contribution in [-0.4, -0.2) is 64.4 Å². The minimum atomic E-state index is -0.186. The minimum Gasteiger partial charge on any atom is -0.391 e. The summed E-state index contributed by atoms with van der Waals surface area (Å²) in [4.78, 5) is 16.0. The Bertz CT molecular complexity index is 730. The van der Waals surface area contributed by atoms with E-state index in [4.69, 9.17) is 27.2 Å². The Kier molecular flexibility index (Phi) is 7.37. The first-order chi connectivity index (χ1) is 13.0. The highest BCUT2D eigenvalue weighted by Crippen LogP contribution is 2.36. The monoisotopic (exact) mass is 411 g/mol. The molecule has 0 saturated carbocycles. The second-order valence-corrected chi connectivity index (χ2v) is 8.41. The Morgan fingerprint density at radius 2 is 2.04 bits per heavy atom.